The summed E-state index contributed by atoms with van der Waals surface area (Å²) in [7, 11) is 0. The number of anilines is 1. The van der Waals surface area contributed by atoms with Crippen LogP contribution in [0.1, 0.15) is 32.9 Å². The van der Waals surface area contributed by atoms with Gasteiger partial charge in [-0.15, -0.1) is 5.10 Å². The molecule has 6 heteroatoms. The molecule has 0 aromatic carbocycles. The van der Waals surface area contributed by atoms with E-state index in [0.29, 0.717) is 12.0 Å². The largest absolute Gasteiger partial charge is 0.375 e. The van der Waals surface area contributed by atoms with Crippen LogP contribution < -0.4 is 11.3 Å². The summed E-state index contributed by atoms with van der Waals surface area (Å²) in [5.74, 6) is 5.29. The van der Waals surface area contributed by atoms with E-state index < -0.39 is 0 Å². The Morgan fingerprint density at radius 2 is 2.20 bits per heavy atom. The van der Waals surface area contributed by atoms with Crippen LogP contribution in [0.5, 0.6) is 0 Å². The Balaban J connectivity index is 2.26. The summed E-state index contributed by atoms with van der Waals surface area (Å²) < 4.78 is 9.29. The van der Waals surface area contributed by atoms with Crippen molar-refractivity contribution in [3.63, 3.8) is 0 Å². The monoisotopic (exact) mass is 230 g/mol. The first-order chi connectivity index (χ1) is 7.03. The van der Waals surface area contributed by atoms with E-state index in [2.05, 4.69) is 35.8 Å². The molecular formula is C9H18N4OS. The molecule has 0 unspecified atom stereocenters. The Kier molecular flexibility index (Phi) is 4.44. The van der Waals surface area contributed by atoms with E-state index in [0.717, 1.165) is 23.7 Å². The zero-order valence-corrected chi connectivity index (χ0v) is 10.2. The zero-order chi connectivity index (χ0) is 11.3. The minimum Gasteiger partial charge on any atom is -0.375 e. The SMILES string of the molecule is CC(C)(C)CCOCc1nnsc1NN. The molecule has 0 amide bonds. The predicted octanol–water partition coefficient (Wildman–Crippen LogP) is 1.78. The summed E-state index contributed by atoms with van der Waals surface area (Å²) >= 11 is 1.24. The van der Waals surface area contributed by atoms with Crippen LogP contribution in [-0.2, 0) is 11.3 Å². The number of ether oxygens (including phenoxy) is 1. The highest BCUT2D eigenvalue weighted by Gasteiger charge is 2.11. The summed E-state index contributed by atoms with van der Waals surface area (Å²) in [6.07, 6.45) is 1.02. The van der Waals surface area contributed by atoms with Gasteiger partial charge in [-0.1, -0.05) is 25.3 Å². The lowest BCUT2D eigenvalue weighted by molar-refractivity contribution is 0.0944. The van der Waals surface area contributed by atoms with Gasteiger partial charge in [0.05, 0.1) is 6.61 Å². The maximum Gasteiger partial charge on any atom is 0.149 e. The Morgan fingerprint density at radius 1 is 1.47 bits per heavy atom. The first kappa shape index (κ1) is 12.4. The topological polar surface area (TPSA) is 73.1 Å². The van der Waals surface area contributed by atoms with Crippen LogP contribution in [0.25, 0.3) is 0 Å². The third-order valence-electron chi connectivity index (χ3n) is 1.92. The second kappa shape index (κ2) is 5.39. The molecule has 0 fully saturated rings. The first-order valence-electron chi connectivity index (χ1n) is 4.88. The Hall–Kier alpha value is -0.720. The Labute approximate surface area is 94.1 Å². The van der Waals surface area contributed by atoms with Gasteiger partial charge in [0.25, 0.3) is 0 Å². The summed E-state index contributed by atoms with van der Waals surface area (Å²) in [4.78, 5) is 0. The molecule has 0 spiro atoms. The number of hydrazine groups is 1. The second-order valence-electron chi connectivity index (χ2n) is 4.56. The highest BCUT2D eigenvalue weighted by Crippen LogP contribution is 2.20. The average molecular weight is 230 g/mol. The average Bonchev–Trinajstić information content (AvgIpc) is 2.58. The van der Waals surface area contributed by atoms with Crippen molar-refractivity contribution in [3.05, 3.63) is 5.69 Å². The van der Waals surface area contributed by atoms with Gasteiger partial charge < -0.3 is 10.2 Å². The van der Waals surface area contributed by atoms with Gasteiger partial charge in [0, 0.05) is 18.1 Å². The molecule has 1 aromatic heterocycles. The van der Waals surface area contributed by atoms with Crippen LogP contribution in [0, 0.1) is 5.41 Å². The van der Waals surface area contributed by atoms with Crippen LogP contribution >= 0.6 is 11.5 Å². The van der Waals surface area contributed by atoms with E-state index in [9.17, 15) is 0 Å². The van der Waals surface area contributed by atoms with E-state index in [4.69, 9.17) is 10.6 Å². The molecule has 1 aromatic rings. The number of nitrogen functional groups attached to an aromatic ring is 1. The van der Waals surface area contributed by atoms with Crippen molar-refractivity contribution in [2.75, 3.05) is 12.0 Å². The number of aromatic nitrogens is 2. The van der Waals surface area contributed by atoms with E-state index in [1.807, 2.05) is 0 Å². The quantitative estimate of drug-likeness (QED) is 0.458. The number of nitrogens with two attached hydrogens (primary N) is 1. The highest BCUT2D eigenvalue weighted by molar-refractivity contribution is 7.10. The summed E-state index contributed by atoms with van der Waals surface area (Å²) in [5.41, 5.74) is 3.62. The lowest BCUT2D eigenvalue weighted by Gasteiger charge is -2.17. The van der Waals surface area contributed by atoms with E-state index in [1.54, 1.807) is 0 Å². The van der Waals surface area contributed by atoms with Crippen molar-refractivity contribution in [3.8, 4) is 0 Å². The van der Waals surface area contributed by atoms with Gasteiger partial charge in [0.15, 0.2) is 0 Å². The standard InChI is InChI=1S/C9H18N4OS/c1-9(2,3)4-5-14-6-7-8(11-10)15-13-12-7/h11H,4-6,10H2,1-3H3. The van der Waals surface area contributed by atoms with Gasteiger partial charge in [-0.05, 0) is 11.8 Å². The summed E-state index contributed by atoms with van der Waals surface area (Å²) in [6.45, 7) is 7.76. The summed E-state index contributed by atoms with van der Waals surface area (Å²) in [6, 6.07) is 0. The van der Waals surface area contributed by atoms with Gasteiger partial charge >= 0.3 is 0 Å². The fraction of sp³-hybridized carbons (Fsp3) is 0.778. The van der Waals surface area contributed by atoms with Gasteiger partial charge in [-0.2, -0.15) is 0 Å². The third kappa shape index (κ3) is 4.55. The maximum absolute atomic E-state index is 5.51. The molecule has 0 aliphatic heterocycles. The molecule has 86 valence electrons. The molecule has 3 N–H and O–H groups in total. The van der Waals surface area contributed by atoms with Crippen molar-refractivity contribution in [1.82, 2.24) is 9.59 Å². The summed E-state index contributed by atoms with van der Waals surface area (Å²) in [5, 5.41) is 4.69. The normalized spacial score (nSPS) is 11.7. The van der Waals surface area contributed by atoms with Gasteiger partial charge in [0.2, 0.25) is 0 Å². The van der Waals surface area contributed by atoms with Gasteiger partial charge in [-0.3, -0.25) is 0 Å². The molecule has 0 aliphatic rings. The molecule has 1 rings (SSSR count). The molecule has 0 saturated carbocycles. The van der Waals surface area contributed by atoms with E-state index in [-0.39, 0.29) is 0 Å². The molecule has 0 saturated heterocycles. The molecule has 0 radical (unpaired) electrons. The fourth-order valence-electron chi connectivity index (χ4n) is 0.960. The second-order valence-corrected chi connectivity index (χ2v) is 5.31. The first-order valence-corrected chi connectivity index (χ1v) is 5.66. The lowest BCUT2D eigenvalue weighted by Crippen LogP contribution is -2.11. The van der Waals surface area contributed by atoms with Crippen LogP contribution in [0.15, 0.2) is 0 Å². The van der Waals surface area contributed by atoms with Crippen molar-refractivity contribution in [2.24, 2.45) is 11.3 Å². The number of rotatable bonds is 5. The molecule has 0 bridgehead atoms. The predicted molar refractivity (Wildman–Crippen MR) is 61.4 cm³/mol. The minimum atomic E-state index is 0.301. The highest BCUT2D eigenvalue weighted by atomic mass is 32.1. The van der Waals surface area contributed by atoms with Crippen molar-refractivity contribution < 1.29 is 4.74 Å². The molecule has 15 heavy (non-hydrogen) atoms. The molecular weight excluding hydrogens is 212 g/mol. The zero-order valence-electron chi connectivity index (χ0n) is 9.41. The van der Waals surface area contributed by atoms with E-state index >= 15 is 0 Å². The Morgan fingerprint density at radius 3 is 2.80 bits per heavy atom. The van der Waals surface area contributed by atoms with E-state index in [1.165, 1.54) is 11.5 Å². The third-order valence-corrected chi connectivity index (χ3v) is 2.62. The van der Waals surface area contributed by atoms with Gasteiger partial charge in [0.1, 0.15) is 10.7 Å². The van der Waals surface area contributed by atoms with Crippen LogP contribution in [0.2, 0.25) is 0 Å². The number of hydrogen-bond donors (Lipinski definition) is 2. The molecule has 5 nitrogen and oxygen atoms in total. The molecule has 1 heterocycles. The number of hydrogen-bond acceptors (Lipinski definition) is 6. The molecule has 0 aliphatic carbocycles. The van der Waals surface area contributed by atoms with Gasteiger partial charge in [-0.25, -0.2) is 5.84 Å². The van der Waals surface area contributed by atoms with Crippen LogP contribution in [0.4, 0.5) is 5.00 Å². The smallest absolute Gasteiger partial charge is 0.149 e. The van der Waals surface area contributed by atoms with Crippen molar-refractivity contribution in [2.45, 2.75) is 33.8 Å². The van der Waals surface area contributed by atoms with Crippen LogP contribution in [-0.4, -0.2) is 16.2 Å². The molecule has 0 atom stereocenters. The lowest BCUT2D eigenvalue weighted by atomic mass is 9.93. The number of nitrogens with one attached hydrogen (secondary N) is 1. The number of nitrogens with zero attached hydrogens (tertiary/aromatic N) is 2. The van der Waals surface area contributed by atoms with Crippen molar-refractivity contribution in [1.29, 1.82) is 0 Å². The maximum atomic E-state index is 5.51. The fourth-order valence-corrected chi connectivity index (χ4v) is 1.44. The van der Waals surface area contributed by atoms with Crippen LogP contribution in [0.3, 0.4) is 0 Å². The minimum absolute atomic E-state index is 0.301. The Bertz CT molecular complexity index is 295. The van der Waals surface area contributed by atoms with Crippen molar-refractivity contribution >= 4 is 16.5 Å².